The van der Waals surface area contributed by atoms with Crippen LogP contribution < -0.4 is 5.32 Å². The monoisotopic (exact) mass is 309 g/mol. The maximum atomic E-state index is 9.65. The number of aryl methyl sites for hydroxylation is 1. The molecule has 0 saturated heterocycles. The summed E-state index contributed by atoms with van der Waals surface area (Å²) in [6.07, 6.45) is 7.36. The second-order valence-electron chi connectivity index (χ2n) is 6.70. The van der Waals surface area contributed by atoms with Gasteiger partial charge in [-0.1, -0.05) is 25.9 Å². The molecule has 0 aromatic carbocycles. The summed E-state index contributed by atoms with van der Waals surface area (Å²) in [5, 5.41) is 17.3. The van der Waals surface area contributed by atoms with Crippen molar-refractivity contribution >= 4 is 0 Å². The van der Waals surface area contributed by atoms with E-state index >= 15 is 0 Å². The van der Waals surface area contributed by atoms with Crippen LogP contribution in [0.2, 0.25) is 0 Å². The van der Waals surface area contributed by atoms with E-state index < -0.39 is 0 Å². The maximum Gasteiger partial charge on any atom is 0.229 e. The molecule has 1 saturated carbocycles. The minimum Gasteiger partial charge on any atom is -0.396 e. The number of rotatable bonds is 8. The molecule has 0 aliphatic heterocycles. The summed E-state index contributed by atoms with van der Waals surface area (Å²) in [7, 11) is 0. The van der Waals surface area contributed by atoms with Gasteiger partial charge in [0.2, 0.25) is 5.89 Å². The summed E-state index contributed by atoms with van der Waals surface area (Å²) in [5.41, 5.74) is 0.0410. The third-order valence-electron chi connectivity index (χ3n) is 5.48. The lowest BCUT2D eigenvalue weighted by Crippen LogP contribution is -2.42. The molecule has 0 spiro atoms. The van der Waals surface area contributed by atoms with Crippen molar-refractivity contribution in [2.24, 2.45) is 5.41 Å². The van der Waals surface area contributed by atoms with E-state index in [0.29, 0.717) is 12.0 Å². The fourth-order valence-electron chi connectivity index (χ4n) is 3.26. The van der Waals surface area contributed by atoms with Crippen LogP contribution >= 0.6 is 0 Å². The lowest BCUT2D eigenvalue weighted by atomic mass is 9.81. The predicted octanol–water partition coefficient (Wildman–Crippen LogP) is 3.05. The fourth-order valence-corrected chi connectivity index (χ4v) is 3.26. The van der Waals surface area contributed by atoms with Crippen molar-refractivity contribution in [3.05, 3.63) is 11.7 Å². The number of hydrogen-bond acceptors (Lipinski definition) is 5. The molecule has 126 valence electrons. The Morgan fingerprint density at radius 1 is 1.18 bits per heavy atom. The van der Waals surface area contributed by atoms with Gasteiger partial charge >= 0.3 is 0 Å². The summed E-state index contributed by atoms with van der Waals surface area (Å²) in [5.74, 6) is 2.06. The average Bonchev–Trinajstić information content (AvgIpc) is 3.06. The summed E-state index contributed by atoms with van der Waals surface area (Å²) >= 11 is 0. The number of aromatic nitrogens is 2. The van der Waals surface area contributed by atoms with Gasteiger partial charge in [0.25, 0.3) is 0 Å². The highest BCUT2D eigenvalue weighted by Gasteiger charge is 2.29. The molecule has 0 amide bonds. The normalized spacial score (nSPS) is 22.9. The summed E-state index contributed by atoms with van der Waals surface area (Å²) in [6, 6.07) is 0.550. The number of hydrogen-bond donors (Lipinski definition) is 2. The zero-order valence-corrected chi connectivity index (χ0v) is 14.3. The topological polar surface area (TPSA) is 71.2 Å². The summed E-state index contributed by atoms with van der Waals surface area (Å²) in [6.45, 7) is 7.55. The van der Waals surface area contributed by atoms with Crippen molar-refractivity contribution in [2.75, 3.05) is 13.2 Å². The van der Waals surface area contributed by atoms with Crippen molar-refractivity contribution in [1.82, 2.24) is 15.5 Å². The Hall–Kier alpha value is -0.940. The van der Waals surface area contributed by atoms with E-state index in [9.17, 15) is 5.11 Å². The van der Waals surface area contributed by atoms with Crippen LogP contribution in [-0.2, 0) is 6.42 Å². The highest BCUT2D eigenvalue weighted by atomic mass is 16.5. The molecule has 0 radical (unpaired) electrons. The average molecular weight is 309 g/mol. The maximum absolute atomic E-state index is 9.65. The van der Waals surface area contributed by atoms with Gasteiger partial charge in [0.15, 0.2) is 5.82 Å². The molecule has 0 atom stereocenters. The smallest absolute Gasteiger partial charge is 0.229 e. The van der Waals surface area contributed by atoms with E-state index in [2.05, 4.69) is 29.3 Å². The molecule has 1 aromatic heterocycles. The van der Waals surface area contributed by atoms with Gasteiger partial charge in [-0.3, -0.25) is 0 Å². The molecule has 1 aromatic rings. The van der Waals surface area contributed by atoms with Crippen LogP contribution in [0.15, 0.2) is 4.52 Å². The second kappa shape index (κ2) is 8.06. The van der Waals surface area contributed by atoms with Gasteiger partial charge in [-0.05, 0) is 38.5 Å². The van der Waals surface area contributed by atoms with Crippen molar-refractivity contribution in [1.29, 1.82) is 0 Å². The quantitative estimate of drug-likeness (QED) is 0.772. The Morgan fingerprint density at radius 2 is 1.86 bits per heavy atom. The molecule has 5 nitrogen and oxygen atoms in total. The zero-order chi connectivity index (χ0) is 16.0. The van der Waals surface area contributed by atoms with Gasteiger partial charge in [0.1, 0.15) is 0 Å². The van der Waals surface area contributed by atoms with Crippen LogP contribution in [0.5, 0.6) is 0 Å². The Labute approximate surface area is 133 Å². The van der Waals surface area contributed by atoms with E-state index in [1.807, 2.05) is 6.92 Å². The molecule has 1 fully saturated rings. The van der Waals surface area contributed by atoms with E-state index in [-0.39, 0.29) is 12.0 Å². The molecule has 1 heterocycles. The summed E-state index contributed by atoms with van der Waals surface area (Å²) < 4.78 is 5.38. The van der Waals surface area contributed by atoms with E-state index in [1.165, 1.54) is 0 Å². The number of nitrogens with zero attached hydrogens (tertiary/aromatic N) is 2. The van der Waals surface area contributed by atoms with E-state index in [0.717, 1.165) is 63.2 Å². The molecule has 1 aliphatic carbocycles. The van der Waals surface area contributed by atoms with Crippen molar-refractivity contribution in [2.45, 2.75) is 77.7 Å². The molecule has 5 heteroatoms. The standard InChI is InChI=1S/C17H31N3O2/c1-4-15-19-16(22-20-15)13-7-9-14(10-8-13)18-11-17(5-2,6-3)12-21/h13-14,18,21H,4-12H2,1-3H3. The molecular formula is C17H31N3O2. The van der Waals surface area contributed by atoms with Crippen LogP contribution in [0, 0.1) is 5.41 Å². The molecule has 22 heavy (non-hydrogen) atoms. The van der Waals surface area contributed by atoms with Gasteiger partial charge in [-0.2, -0.15) is 4.98 Å². The highest BCUT2D eigenvalue weighted by molar-refractivity contribution is 4.97. The Kier molecular flexibility index (Phi) is 6.38. The minimum atomic E-state index is 0.0410. The lowest BCUT2D eigenvalue weighted by molar-refractivity contribution is 0.106. The first-order valence-corrected chi connectivity index (χ1v) is 8.83. The SMILES string of the molecule is CCc1noc(C2CCC(NCC(CC)(CC)CO)CC2)n1. The third-order valence-corrected chi connectivity index (χ3v) is 5.48. The van der Waals surface area contributed by atoms with Gasteiger partial charge in [-0.25, -0.2) is 0 Å². The largest absolute Gasteiger partial charge is 0.396 e. The summed E-state index contributed by atoms with van der Waals surface area (Å²) in [4.78, 5) is 4.47. The van der Waals surface area contributed by atoms with Crippen LogP contribution in [0.4, 0.5) is 0 Å². The van der Waals surface area contributed by atoms with Gasteiger partial charge < -0.3 is 14.9 Å². The first kappa shape index (κ1) is 17.4. The fraction of sp³-hybridized carbons (Fsp3) is 0.882. The lowest BCUT2D eigenvalue weighted by Gasteiger charge is -2.34. The van der Waals surface area contributed by atoms with Crippen molar-refractivity contribution in [3.63, 3.8) is 0 Å². The van der Waals surface area contributed by atoms with Crippen molar-refractivity contribution < 1.29 is 9.63 Å². The second-order valence-corrected chi connectivity index (χ2v) is 6.70. The minimum absolute atomic E-state index is 0.0410. The van der Waals surface area contributed by atoms with Gasteiger partial charge in [0, 0.05) is 36.9 Å². The number of nitrogens with one attached hydrogen (secondary N) is 1. The van der Waals surface area contributed by atoms with Crippen molar-refractivity contribution in [3.8, 4) is 0 Å². The molecule has 0 bridgehead atoms. The molecule has 2 rings (SSSR count). The molecule has 1 aliphatic rings. The van der Waals surface area contributed by atoms with Gasteiger partial charge in [0.05, 0.1) is 0 Å². The van der Waals surface area contributed by atoms with E-state index in [4.69, 9.17) is 4.52 Å². The zero-order valence-electron chi connectivity index (χ0n) is 14.3. The number of aliphatic hydroxyl groups excluding tert-OH is 1. The molecule has 2 N–H and O–H groups in total. The van der Waals surface area contributed by atoms with Gasteiger partial charge in [-0.15, -0.1) is 0 Å². The Morgan fingerprint density at radius 3 is 2.36 bits per heavy atom. The van der Waals surface area contributed by atoms with E-state index in [1.54, 1.807) is 0 Å². The Bertz CT molecular complexity index is 427. The van der Waals surface area contributed by atoms with Crippen LogP contribution in [0.25, 0.3) is 0 Å². The highest BCUT2D eigenvalue weighted by Crippen LogP contribution is 2.33. The third kappa shape index (κ3) is 4.07. The van der Waals surface area contributed by atoms with Crippen LogP contribution in [0.1, 0.15) is 76.9 Å². The number of aliphatic hydroxyl groups is 1. The molecule has 0 unspecified atom stereocenters. The van der Waals surface area contributed by atoms with Crippen LogP contribution in [-0.4, -0.2) is 34.4 Å². The Balaban J connectivity index is 1.79. The first-order valence-electron chi connectivity index (χ1n) is 8.83. The molecular weight excluding hydrogens is 278 g/mol. The van der Waals surface area contributed by atoms with Crippen LogP contribution in [0.3, 0.4) is 0 Å². The first-order chi connectivity index (χ1) is 10.7. The predicted molar refractivity (Wildman–Crippen MR) is 86.8 cm³/mol.